The molecule has 0 spiro atoms. The van der Waals surface area contributed by atoms with Gasteiger partial charge in [-0.15, -0.1) is 5.10 Å². The Bertz CT molecular complexity index is 1140. The largest absolute Gasteiger partial charge is 0.385 e. The maximum absolute atomic E-state index is 13.0. The van der Waals surface area contributed by atoms with E-state index in [2.05, 4.69) is 25.7 Å². The highest BCUT2D eigenvalue weighted by atomic mass is 19.1. The molecule has 10 nitrogen and oxygen atoms in total. The monoisotopic (exact) mass is 410 g/mol. The van der Waals surface area contributed by atoms with Gasteiger partial charge in [-0.05, 0) is 24.3 Å². The molecular formula is C19H19FN8O2. The van der Waals surface area contributed by atoms with Gasteiger partial charge in [0.1, 0.15) is 17.3 Å². The first-order valence-corrected chi connectivity index (χ1v) is 8.74. The standard InChI is InChI=1S/C19H19FN8O2/c1-22-14-8-16(26-28-15(18(21)30)10-24-19(14)28)25-13(11-29)4-3-7-27(2)17-6-5-12(20)9-23-17/h3-11,22H,1-2H3,(H2,21,30)(H,25,26)/b7-3-,13-4+. The summed E-state index contributed by atoms with van der Waals surface area (Å²) >= 11 is 0. The van der Waals surface area contributed by atoms with Crippen LogP contribution in [-0.4, -0.2) is 45.9 Å². The van der Waals surface area contributed by atoms with E-state index in [-0.39, 0.29) is 11.4 Å². The molecule has 0 radical (unpaired) electrons. The van der Waals surface area contributed by atoms with Crippen LogP contribution in [0, 0.1) is 5.82 Å². The van der Waals surface area contributed by atoms with Crippen molar-refractivity contribution in [3.63, 3.8) is 0 Å². The molecule has 0 atom stereocenters. The third-order valence-electron chi connectivity index (χ3n) is 4.05. The summed E-state index contributed by atoms with van der Waals surface area (Å²) < 4.78 is 14.3. The van der Waals surface area contributed by atoms with Crippen LogP contribution in [0.2, 0.25) is 0 Å². The predicted molar refractivity (Wildman–Crippen MR) is 111 cm³/mol. The van der Waals surface area contributed by atoms with Gasteiger partial charge in [0.05, 0.1) is 23.8 Å². The summed E-state index contributed by atoms with van der Waals surface area (Å²) in [5.74, 6) is -0.272. The van der Waals surface area contributed by atoms with Gasteiger partial charge >= 0.3 is 0 Å². The van der Waals surface area contributed by atoms with Crippen molar-refractivity contribution in [3.8, 4) is 0 Å². The molecule has 154 valence electrons. The third kappa shape index (κ3) is 4.41. The highest BCUT2D eigenvalue weighted by Gasteiger charge is 2.14. The van der Waals surface area contributed by atoms with E-state index >= 15 is 0 Å². The van der Waals surface area contributed by atoms with Crippen molar-refractivity contribution in [1.82, 2.24) is 19.6 Å². The lowest BCUT2D eigenvalue weighted by Crippen LogP contribution is -2.16. The summed E-state index contributed by atoms with van der Waals surface area (Å²) in [4.78, 5) is 32.8. The van der Waals surface area contributed by atoms with E-state index in [1.54, 1.807) is 37.3 Å². The van der Waals surface area contributed by atoms with Crippen LogP contribution < -0.4 is 21.3 Å². The molecule has 4 N–H and O–H groups in total. The summed E-state index contributed by atoms with van der Waals surface area (Å²) in [6, 6.07) is 4.48. The number of anilines is 3. The fraction of sp³-hybridized carbons (Fsp3) is 0.105. The fourth-order valence-corrected chi connectivity index (χ4v) is 2.57. The Labute approximate surface area is 170 Å². The van der Waals surface area contributed by atoms with Crippen molar-refractivity contribution in [3.05, 3.63) is 66.2 Å². The second-order valence-corrected chi connectivity index (χ2v) is 6.09. The van der Waals surface area contributed by atoms with Gasteiger partial charge in [0.2, 0.25) is 0 Å². The second kappa shape index (κ2) is 8.82. The number of imidazole rings is 1. The van der Waals surface area contributed by atoms with E-state index in [0.717, 1.165) is 6.20 Å². The maximum atomic E-state index is 13.0. The van der Waals surface area contributed by atoms with Crippen LogP contribution in [-0.2, 0) is 4.79 Å². The summed E-state index contributed by atoms with van der Waals surface area (Å²) in [6.07, 6.45) is 7.86. The lowest BCUT2D eigenvalue weighted by molar-refractivity contribution is -0.104. The zero-order chi connectivity index (χ0) is 21.7. The molecule has 0 saturated carbocycles. The number of nitrogens with two attached hydrogens (primary N) is 1. The molecule has 3 aromatic heterocycles. The third-order valence-corrected chi connectivity index (χ3v) is 4.05. The van der Waals surface area contributed by atoms with E-state index in [4.69, 9.17) is 5.73 Å². The number of amides is 1. The minimum atomic E-state index is -0.680. The number of fused-ring (bicyclic) bond motifs is 1. The second-order valence-electron chi connectivity index (χ2n) is 6.09. The molecule has 0 fully saturated rings. The number of allylic oxidation sites excluding steroid dienone is 3. The Hall–Kier alpha value is -4.28. The molecule has 0 aliphatic rings. The molecule has 30 heavy (non-hydrogen) atoms. The molecule has 0 aromatic carbocycles. The quantitative estimate of drug-likeness (QED) is 0.290. The van der Waals surface area contributed by atoms with Crippen LogP contribution in [0.5, 0.6) is 0 Å². The first-order valence-electron chi connectivity index (χ1n) is 8.74. The van der Waals surface area contributed by atoms with Gasteiger partial charge in [-0.25, -0.2) is 18.9 Å². The molecule has 0 bridgehead atoms. The first-order chi connectivity index (χ1) is 14.4. The Morgan fingerprint density at radius 2 is 2.10 bits per heavy atom. The number of halogens is 1. The molecular weight excluding hydrogens is 391 g/mol. The van der Waals surface area contributed by atoms with Crippen molar-refractivity contribution in [2.24, 2.45) is 5.73 Å². The Kier molecular flexibility index (Phi) is 6.01. The number of aldehydes is 1. The average Bonchev–Trinajstić information content (AvgIpc) is 3.17. The van der Waals surface area contributed by atoms with Crippen molar-refractivity contribution in [2.45, 2.75) is 0 Å². The van der Waals surface area contributed by atoms with Gasteiger partial charge < -0.3 is 21.3 Å². The molecule has 0 saturated heterocycles. The summed E-state index contributed by atoms with van der Waals surface area (Å²) in [7, 11) is 3.42. The van der Waals surface area contributed by atoms with Gasteiger partial charge in [-0.1, -0.05) is 0 Å². The van der Waals surface area contributed by atoms with Gasteiger partial charge in [0.25, 0.3) is 5.91 Å². The number of carbonyl (C=O) groups is 2. The van der Waals surface area contributed by atoms with Crippen LogP contribution in [0.1, 0.15) is 10.5 Å². The van der Waals surface area contributed by atoms with E-state index in [9.17, 15) is 14.0 Å². The van der Waals surface area contributed by atoms with Gasteiger partial charge in [-0.3, -0.25) is 9.59 Å². The number of primary amides is 1. The number of aromatic nitrogens is 4. The van der Waals surface area contributed by atoms with Gasteiger partial charge in [-0.2, -0.15) is 0 Å². The molecule has 0 unspecified atom stereocenters. The zero-order valence-electron chi connectivity index (χ0n) is 16.2. The molecule has 0 aliphatic heterocycles. The number of hydrogen-bond acceptors (Lipinski definition) is 8. The van der Waals surface area contributed by atoms with E-state index in [0.29, 0.717) is 29.3 Å². The molecule has 1 amide bonds. The highest BCUT2D eigenvalue weighted by molar-refractivity contribution is 5.92. The number of rotatable bonds is 8. The van der Waals surface area contributed by atoms with Crippen LogP contribution in [0.15, 0.2) is 54.6 Å². The Morgan fingerprint density at radius 3 is 2.73 bits per heavy atom. The van der Waals surface area contributed by atoms with Crippen LogP contribution in [0.4, 0.5) is 21.7 Å². The number of pyridine rings is 1. The highest BCUT2D eigenvalue weighted by Crippen LogP contribution is 2.20. The Morgan fingerprint density at radius 1 is 1.30 bits per heavy atom. The zero-order valence-corrected chi connectivity index (χ0v) is 16.2. The van der Waals surface area contributed by atoms with Crippen LogP contribution >= 0.6 is 0 Å². The smallest absolute Gasteiger partial charge is 0.269 e. The summed E-state index contributed by atoms with van der Waals surface area (Å²) in [5, 5.41) is 10.1. The number of hydrogen-bond donors (Lipinski definition) is 3. The molecule has 11 heteroatoms. The van der Waals surface area contributed by atoms with Crippen molar-refractivity contribution in [2.75, 3.05) is 29.6 Å². The lowest BCUT2D eigenvalue weighted by atomic mass is 10.3. The van der Waals surface area contributed by atoms with E-state index < -0.39 is 11.7 Å². The summed E-state index contributed by atoms with van der Waals surface area (Å²) in [6.45, 7) is 0. The van der Waals surface area contributed by atoms with Crippen LogP contribution in [0.3, 0.4) is 0 Å². The number of nitrogens with one attached hydrogen (secondary N) is 2. The molecule has 3 rings (SSSR count). The normalized spacial score (nSPS) is 11.6. The van der Waals surface area contributed by atoms with E-state index in [1.165, 1.54) is 28.9 Å². The maximum Gasteiger partial charge on any atom is 0.269 e. The molecule has 3 heterocycles. The van der Waals surface area contributed by atoms with Crippen molar-refractivity contribution in [1.29, 1.82) is 0 Å². The fourth-order valence-electron chi connectivity index (χ4n) is 2.57. The minimum absolute atomic E-state index is 0.107. The van der Waals surface area contributed by atoms with Crippen LogP contribution in [0.25, 0.3) is 5.65 Å². The molecule has 0 aliphatic carbocycles. The average molecular weight is 410 g/mol. The van der Waals surface area contributed by atoms with E-state index in [1.807, 2.05) is 0 Å². The number of nitrogens with zero attached hydrogens (tertiary/aromatic N) is 5. The number of carbonyl (C=O) groups excluding carboxylic acids is 2. The van der Waals surface area contributed by atoms with Gasteiger partial charge in [0, 0.05) is 26.4 Å². The summed E-state index contributed by atoms with van der Waals surface area (Å²) in [5.41, 5.74) is 6.68. The predicted octanol–water partition coefficient (Wildman–Crippen LogP) is 1.55. The van der Waals surface area contributed by atoms with Crippen molar-refractivity contribution < 1.29 is 14.0 Å². The molecule has 3 aromatic rings. The SMILES string of the molecule is CNc1cc(N/C(C=O)=C/C=C\N(C)c2ccc(F)cn2)nn2c(C(N)=O)cnc12. The Balaban J connectivity index is 1.83. The minimum Gasteiger partial charge on any atom is -0.385 e. The topological polar surface area (TPSA) is 131 Å². The first kappa shape index (κ1) is 20.5. The van der Waals surface area contributed by atoms with Crippen molar-refractivity contribution >= 4 is 35.2 Å². The lowest BCUT2D eigenvalue weighted by Gasteiger charge is -2.12. The van der Waals surface area contributed by atoms with Gasteiger partial charge in [0.15, 0.2) is 17.8 Å².